The molecule has 1 aliphatic carbocycles. The van der Waals surface area contributed by atoms with Gasteiger partial charge in [-0.1, -0.05) is 44.2 Å². The van der Waals surface area contributed by atoms with Gasteiger partial charge in [0.1, 0.15) is 6.33 Å². The summed E-state index contributed by atoms with van der Waals surface area (Å²) in [6, 6.07) is 10.0. The SMILES string of the molecule is CC1(C)C[C@@H]1C(=O)N1CC2(CN(C(=O)c3cnn(Cc4ccccc4)c3)CC2c2nnc(Cc3cncnc3)o2)C1. The maximum Gasteiger partial charge on any atom is 0.257 e. The molecule has 2 aliphatic heterocycles. The molecule has 11 heteroatoms. The molecular weight excluding hydrogens is 520 g/mol. The van der Waals surface area contributed by atoms with Crippen LogP contribution in [0.25, 0.3) is 0 Å². The van der Waals surface area contributed by atoms with E-state index in [1.807, 2.05) is 40.1 Å². The molecular formula is C30H32N8O3. The number of hydrogen-bond donors (Lipinski definition) is 0. The molecule has 1 saturated carbocycles. The molecule has 2 amide bonds. The van der Waals surface area contributed by atoms with Gasteiger partial charge in [-0.15, -0.1) is 10.2 Å². The molecule has 210 valence electrons. The van der Waals surface area contributed by atoms with Gasteiger partial charge in [0.05, 0.1) is 30.6 Å². The Morgan fingerprint density at radius 3 is 2.44 bits per heavy atom. The van der Waals surface area contributed by atoms with E-state index in [4.69, 9.17) is 4.42 Å². The van der Waals surface area contributed by atoms with Crippen LogP contribution < -0.4 is 0 Å². The van der Waals surface area contributed by atoms with Crippen molar-refractivity contribution in [3.8, 4) is 0 Å². The number of carbonyl (C=O) groups is 2. The lowest BCUT2D eigenvalue weighted by atomic mass is 9.71. The molecule has 1 aromatic carbocycles. The van der Waals surface area contributed by atoms with E-state index in [-0.39, 0.29) is 34.5 Å². The Bertz CT molecular complexity index is 1580. The lowest BCUT2D eigenvalue weighted by Crippen LogP contribution is -2.62. The number of aromatic nitrogens is 6. The summed E-state index contributed by atoms with van der Waals surface area (Å²) >= 11 is 0. The molecule has 2 saturated heterocycles. The van der Waals surface area contributed by atoms with Gasteiger partial charge in [0.15, 0.2) is 0 Å². The summed E-state index contributed by atoms with van der Waals surface area (Å²) in [6.07, 6.45) is 9.71. The van der Waals surface area contributed by atoms with Crippen LogP contribution in [0.1, 0.15) is 59.5 Å². The Labute approximate surface area is 237 Å². The number of nitrogens with zero attached hydrogens (tertiary/aromatic N) is 8. The Morgan fingerprint density at radius 1 is 0.976 bits per heavy atom. The standard InChI is InChI=1S/C30H32N8O3/c1-29(2)9-23(29)28(40)37-17-30(18-37)16-36(27(39)22-12-33-38(14-22)13-20-6-4-3-5-7-20)15-24(30)26-35-34-25(41-26)8-21-10-31-19-32-11-21/h3-7,10-12,14,19,23-24H,8-9,13,15-18H2,1-2H3/t23-,24?/m1/s1. The second kappa shape index (κ2) is 9.60. The summed E-state index contributed by atoms with van der Waals surface area (Å²) in [6.45, 7) is 6.97. The van der Waals surface area contributed by atoms with Crippen molar-refractivity contribution in [3.05, 3.63) is 89.9 Å². The minimum absolute atomic E-state index is 0.0688. The van der Waals surface area contributed by atoms with Gasteiger partial charge in [0, 0.05) is 56.1 Å². The van der Waals surface area contributed by atoms with Crippen LogP contribution in [0.2, 0.25) is 0 Å². The molecule has 3 aromatic heterocycles. The molecule has 0 N–H and O–H groups in total. The molecule has 5 heterocycles. The van der Waals surface area contributed by atoms with Gasteiger partial charge in [-0.05, 0) is 23.0 Å². The molecule has 7 rings (SSSR count). The predicted octanol–water partition coefficient (Wildman–Crippen LogP) is 2.81. The second-order valence-electron chi connectivity index (χ2n) is 12.4. The summed E-state index contributed by atoms with van der Waals surface area (Å²) in [5.74, 6) is 1.02. The number of hydrogen-bond acceptors (Lipinski definition) is 8. The summed E-state index contributed by atoms with van der Waals surface area (Å²) < 4.78 is 7.94. The molecule has 2 atom stereocenters. The summed E-state index contributed by atoms with van der Waals surface area (Å²) in [5.41, 5.74) is 2.27. The van der Waals surface area contributed by atoms with Crippen LogP contribution in [0.5, 0.6) is 0 Å². The molecule has 0 radical (unpaired) electrons. The fourth-order valence-corrected chi connectivity index (χ4v) is 6.35. The number of carbonyl (C=O) groups excluding carboxylic acids is 2. The normalized spacial score (nSPS) is 22.1. The van der Waals surface area contributed by atoms with Gasteiger partial charge in [-0.2, -0.15) is 5.10 Å². The third-order valence-electron chi connectivity index (χ3n) is 8.89. The van der Waals surface area contributed by atoms with Crippen LogP contribution in [0.15, 0.2) is 65.9 Å². The van der Waals surface area contributed by atoms with Crippen LogP contribution in [-0.2, 0) is 17.8 Å². The maximum atomic E-state index is 13.7. The van der Waals surface area contributed by atoms with Crippen molar-refractivity contribution in [1.82, 2.24) is 39.7 Å². The smallest absolute Gasteiger partial charge is 0.257 e. The minimum atomic E-state index is -0.329. The fourth-order valence-electron chi connectivity index (χ4n) is 6.35. The molecule has 41 heavy (non-hydrogen) atoms. The molecule has 0 bridgehead atoms. The van der Waals surface area contributed by atoms with Crippen LogP contribution in [0, 0.1) is 16.7 Å². The zero-order valence-electron chi connectivity index (χ0n) is 23.2. The van der Waals surface area contributed by atoms with E-state index in [2.05, 4.69) is 39.1 Å². The first-order chi connectivity index (χ1) is 19.8. The Hall–Kier alpha value is -4.41. The molecule has 4 aromatic rings. The molecule has 1 unspecified atom stereocenters. The van der Waals surface area contributed by atoms with Crippen LogP contribution in [0.3, 0.4) is 0 Å². The maximum absolute atomic E-state index is 13.7. The van der Waals surface area contributed by atoms with Gasteiger partial charge in [-0.3, -0.25) is 14.3 Å². The van der Waals surface area contributed by atoms with Crippen molar-refractivity contribution in [2.24, 2.45) is 16.7 Å². The van der Waals surface area contributed by atoms with E-state index in [0.29, 0.717) is 56.5 Å². The second-order valence-corrected chi connectivity index (χ2v) is 12.4. The highest BCUT2D eigenvalue weighted by molar-refractivity contribution is 5.94. The van der Waals surface area contributed by atoms with E-state index in [1.54, 1.807) is 29.5 Å². The molecule has 1 spiro atoms. The van der Waals surface area contributed by atoms with Crippen LogP contribution in [0.4, 0.5) is 0 Å². The van der Waals surface area contributed by atoms with E-state index in [1.165, 1.54) is 6.33 Å². The largest absolute Gasteiger partial charge is 0.425 e. The Morgan fingerprint density at radius 2 is 1.71 bits per heavy atom. The zero-order chi connectivity index (χ0) is 28.2. The first-order valence-corrected chi connectivity index (χ1v) is 14.0. The predicted molar refractivity (Wildman–Crippen MR) is 146 cm³/mol. The highest BCUT2D eigenvalue weighted by Gasteiger charge is 2.61. The number of benzene rings is 1. The van der Waals surface area contributed by atoms with Gasteiger partial charge < -0.3 is 14.2 Å². The van der Waals surface area contributed by atoms with Crippen molar-refractivity contribution in [2.75, 3.05) is 26.2 Å². The summed E-state index contributed by atoms with van der Waals surface area (Å²) in [5, 5.41) is 13.1. The van der Waals surface area contributed by atoms with E-state index in [0.717, 1.165) is 17.5 Å². The average Bonchev–Trinajstić information content (AvgIpc) is 3.41. The van der Waals surface area contributed by atoms with Gasteiger partial charge in [0.25, 0.3) is 5.91 Å². The van der Waals surface area contributed by atoms with Crippen molar-refractivity contribution in [3.63, 3.8) is 0 Å². The number of rotatable bonds is 7. The number of amides is 2. The monoisotopic (exact) mass is 552 g/mol. The third-order valence-corrected chi connectivity index (χ3v) is 8.89. The average molecular weight is 553 g/mol. The van der Waals surface area contributed by atoms with Gasteiger partial charge >= 0.3 is 0 Å². The van der Waals surface area contributed by atoms with E-state index >= 15 is 0 Å². The van der Waals surface area contributed by atoms with Crippen molar-refractivity contribution in [1.29, 1.82) is 0 Å². The van der Waals surface area contributed by atoms with Gasteiger partial charge in [-0.25, -0.2) is 9.97 Å². The van der Waals surface area contributed by atoms with Crippen molar-refractivity contribution >= 4 is 11.8 Å². The molecule has 11 nitrogen and oxygen atoms in total. The van der Waals surface area contributed by atoms with Crippen molar-refractivity contribution < 1.29 is 14.0 Å². The van der Waals surface area contributed by atoms with Crippen molar-refractivity contribution in [2.45, 2.75) is 39.2 Å². The Kier molecular flexibility index (Phi) is 5.98. The number of likely N-dealkylation sites (tertiary alicyclic amines) is 2. The Balaban J connectivity index is 1.10. The lowest BCUT2D eigenvalue weighted by molar-refractivity contribution is -0.146. The summed E-state index contributed by atoms with van der Waals surface area (Å²) in [4.78, 5) is 38.8. The van der Waals surface area contributed by atoms with E-state index < -0.39 is 0 Å². The van der Waals surface area contributed by atoms with Crippen LogP contribution >= 0.6 is 0 Å². The highest BCUT2D eigenvalue weighted by Crippen LogP contribution is 2.55. The zero-order valence-corrected chi connectivity index (χ0v) is 23.2. The van der Waals surface area contributed by atoms with E-state index in [9.17, 15) is 9.59 Å². The lowest BCUT2D eigenvalue weighted by Gasteiger charge is -2.50. The van der Waals surface area contributed by atoms with Crippen LogP contribution in [-0.4, -0.2) is 77.7 Å². The quantitative estimate of drug-likeness (QED) is 0.343. The first-order valence-electron chi connectivity index (χ1n) is 14.0. The topological polar surface area (TPSA) is 123 Å². The first kappa shape index (κ1) is 25.6. The van der Waals surface area contributed by atoms with Gasteiger partial charge in [0.2, 0.25) is 17.7 Å². The fraction of sp³-hybridized carbons (Fsp3) is 0.433. The molecule has 3 fully saturated rings. The summed E-state index contributed by atoms with van der Waals surface area (Å²) in [7, 11) is 0. The highest BCUT2D eigenvalue weighted by atomic mass is 16.4. The minimum Gasteiger partial charge on any atom is -0.425 e. The third kappa shape index (κ3) is 4.79. The molecule has 3 aliphatic rings.